The van der Waals surface area contributed by atoms with Crippen LogP contribution < -0.4 is 15.4 Å². The van der Waals surface area contributed by atoms with E-state index in [9.17, 15) is 9.59 Å². The van der Waals surface area contributed by atoms with Crippen LogP contribution in [0.15, 0.2) is 48.5 Å². The first-order valence-electron chi connectivity index (χ1n) is 9.64. The Bertz CT molecular complexity index is 812. The Morgan fingerprint density at radius 1 is 1.07 bits per heavy atom. The molecule has 2 amide bonds. The molecular weight excluding hydrogens is 354 g/mol. The van der Waals surface area contributed by atoms with Crippen LogP contribution in [0.4, 0.5) is 5.69 Å². The Balaban J connectivity index is 1.65. The van der Waals surface area contributed by atoms with Gasteiger partial charge in [0.15, 0.2) is 0 Å². The number of amides is 2. The average molecular weight is 381 g/mol. The second kappa shape index (κ2) is 9.37. The van der Waals surface area contributed by atoms with Gasteiger partial charge in [-0.3, -0.25) is 9.59 Å². The molecule has 1 unspecified atom stereocenters. The summed E-state index contributed by atoms with van der Waals surface area (Å²) in [6.07, 6.45) is 0.979. The number of hydrogen-bond donors (Lipinski definition) is 2. The molecule has 1 saturated heterocycles. The van der Waals surface area contributed by atoms with Gasteiger partial charge in [-0.25, -0.2) is 0 Å². The highest BCUT2D eigenvalue weighted by Crippen LogP contribution is 2.22. The zero-order chi connectivity index (χ0) is 19.9. The van der Waals surface area contributed by atoms with Crippen molar-refractivity contribution >= 4 is 17.5 Å². The number of methoxy groups -OCH3 is 1. The van der Waals surface area contributed by atoms with Crippen molar-refractivity contribution in [2.24, 2.45) is 0 Å². The number of rotatable bonds is 5. The average Bonchev–Trinajstić information content (AvgIpc) is 3.02. The van der Waals surface area contributed by atoms with Crippen molar-refractivity contribution in [3.8, 4) is 5.75 Å². The van der Waals surface area contributed by atoms with Crippen LogP contribution in [0.5, 0.6) is 5.75 Å². The van der Waals surface area contributed by atoms with E-state index >= 15 is 0 Å². The fraction of sp³-hybridized carbons (Fsp3) is 0.364. The van der Waals surface area contributed by atoms with Crippen LogP contribution in [-0.4, -0.2) is 50.0 Å². The van der Waals surface area contributed by atoms with Crippen molar-refractivity contribution in [2.75, 3.05) is 38.6 Å². The van der Waals surface area contributed by atoms with E-state index in [1.807, 2.05) is 42.2 Å². The molecule has 1 aliphatic rings. The van der Waals surface area contributed by atoms with Crippen molar-refractivity contribution in [1.82, 2.24) is 10.2 Å². The molecule has 2 N–H and O–H groups in total. The lowest BCUT2D eigenvalue weighted by Gasteiger charge is -2.24. The van der Waals surface area contributed by atoms with Gasteiger partial charge in [-0.15, -0.1) is 0 Å². The monoisotopic (exact) mass is 381 g/mol. The van der Waals surface area contributed by atoms with Crippen LogP contribution in [0.1, 0.15) is 35.2 Å². The van der Waals surface area contributed by atoms with E-state index in [4.69, 9.17) is 4.74 Å². The summed E-state index contributed by atoms with van der Waals surface area (Å²) in [5.41, 5.74) is 2.10. The van der Waals surface area contributed by atoms with Crippen molar-refractivity contribution in [2.45, 2.75) is 19.3 Å². The van der Waals surface area contributed by atoms with E-state index in [0.29, 0.717) is 17.0 Å². The number of carbonyl (C=O) groups excluding carboxylic acids is 2. The Hall–Kier alpha value is -2.86. The third-order valence-corrected chi connectivity index (χ3v) is 5.04. The van der Waals surface area contributed by atoms with Crippen LogP contribution in [0.2, 0.25) is 0 Å². The molecule has 3 rings (SSSR count). The first-order valence-corrected chi connectivity index (χ1v) is 9.64. The Kier molecular flexibility index (Phi) is 6.66. The number of para-hydroxylation sites is 1. The number of carbonyl (C=O) groups is 2. The molecule has 0 saturated carbocycles. The van der Waals surface area contributed by atoms with Gasteiger partial charge in [0, 0.05) is 25.3 Å². The van der Waals surface area contributed by atoms with Gasteiger partial charge in [-0.2, -0.15) is 0 Å². The van der Waals surface area contributed by atoms with Crippen LogP contribution in [0.3, 0.4) is 0 Å². The van der Waals surface area contributed by atoms with Gasteiger partial charge in [0.05, 0.1) is 18.6 Å². The molecule has 1 atom stereocenters. The quantitative estimate of drug-likeness (QED) is 0.836. The number of anilines is 1. The van der Waals surface area contributed by atoms with E-state index in [1.54, 1.807) is 25.3 Å². The highest BCUT2D eigenvalue weighted by atomic mass is 16.5. The summed E-state index contributed by atoms with van der Waals surface area (Å²) in [5, 5.41) is 6.19. The second-order valence-electron chi connectivity index (χ2n) is 6.93. The molecule has 6 heteroatoms. The van der Waals surface area contributed by atoms with Gasteiger partial charge in [0.1, 0.15) is 5.75 Å². The van der Waals surface area contributed by atoms with E-state index in [-0.39, 0.29) is 17.7 Å². The Labute approximate surface area is 165 Å². The molecule has 1 heterocycles. The van der Waals surface area contributed by atoms with Gasteiger partial charge in [0.2, 0.25) is 5.91 Å². The van der Waals surface area contributed by atoms with Gasteiger partial charge in [-0.05, 0) is 49.7 Å². The van der Waals surface area contributed by atoms with Crippen LogP contribution in [-0.2, 0) is 4.79 Å². The molecule has 0 spiro atoms. The number of benzene rings is 2. The first-order chi connectivity index (χ1) is 13.6. The molecule has 28 heavy (non-hydrogen) atoms. The summed E-state index contributed by atoms with van der Waals surface area (Å²) >= 11 is 0. The standard InChI is InChI=1S/C22H27N3O3/c1-16(22(27)25-14-5-12-23-13-15-25)17-8-10-18(11-9-17)24-21(26)19-6-3-4-7-20(19)28-2/h3-4,6-11,16,23H,5,12-15H2,1-2H3,(H,24,26). The van der Waals surface area contributed by atoms with Gasteiger partial charge < -0.3 is 20.3 Å². The third kappa shape index (κ3) is 4.70. The molecular formula is C22H27N3O3. The third-order valence-electron chi connectivity index (χ3n) is 5.04. The smallest absolute Gasteiger partial charge is 0.259 e. The van der Waals surface area contributed by atoms with Crippen molar-refractivity contribution in [3.63, 3.8) is 0 Å². The SMILES string of the molecule is COc1ccccc1C(=O)Nc1ccc(C(C)C(=O)N2CCCNCC2)cc1. The maximum atomic E-state index is 12.8. The minimum absolute atomic E-state index is 0.148. The highest BCUT2D eigenvalue weighted by molar-refractivity contribution is 6.06. The summed E-state index contributed by atoms with van der Waals surface area (Å²) in [6, 6.07) is 14.6. The zero-order valence-corrected chi connectivity index (χ0v) is 16.4. The maximum absolute atomic E-state index is 12.8. The summed E-state index contributed by atoms with van der Waals surface area (Å²) in [4.78, 5) is 27.2. The molecule has 0 radical (unpaired) electrons. The lowest BCUT2D eigenvalue weighted by atomic mass is 9.99. The molecule has 2 aromatic carbocycles. The molecule has 2 aromatic rings. The summed E-state index contributed by atoms with van der Waals surface area (Å²) < 4.78 is 5.24. The van der Waals surface area contributed by atoms with E-state index < -0.39 is 0 Å². The second-order valence-corrected chi connectivity index (χ2v) is 6.93. The lowest BCUT2D eigenvalue weighted by molar-refractivity contribution is -0.132. The van der Waals surface area contributed by atoms with Crippen molar-refractivity contribution < 1.29 is 14.3 Å². The van der Waals surface area contributed by atoms with Crippen LogP contribution in [0, 0.1) is 0 Å². The lowest BCUT2D eigenvalue weighted by Crippen LogP contribution is -2.36. The number of nitrogens with zero attached hydrogens (tertiary/aromatic N) is 1. The summed E-state index contributed by atoms with van der Waals surface area (Å²) in [6.45, 7) is 5.27. The van der Waals surface area contributed by atoms with Gasteiger partial charge in [0.25, 0.3) is 5.91 Å². The van der Waals surface area contributed by atoms with Gasteiger partial charge in [-0.1, -0.05) is 24.3 Å². The molecule has 0 bridgehead atoms. The van der Waals surface area contributed by atoms with Gasteiger partial charge >= 0.3 is 0 Å². The fourth-order valence-corrected chi connectivity index (χ4v) is 3.37. The minimum Gasteiger partial charge on any atom is -0.496 e. The maximum Gasteiger partial charge on any atom is 0.259 e. The number of ether oxygens (including phenoxy) is 1. The molecule has 1 fully saturated rings. The Morgan fingerprint density at radius 2 is 1.82 bits per heavy atom. The summed E-state index contributed by atoms with van der Waals surface area (Å²) in [5.74, 6) is 0.237. The normalized spacial score (nSPS) is 15.4. The molecule has 1 aliphatic heterocycles. The topological polar surface area (TPSA) is 70.7 Å². The largest absolute Gasteiger partial charge is 0.496 e. The van der Waals surface area contributed by atoms with Crippen LogP contribution in [0.25, 0.3) is 0 Å². The van der Waals surface area contributed by atoms with Crippen molar-refractivity contribution in [3.05, 3.63) is 59.7 Å². The zero-order valence-electron chi connectivity index (χ0n) is 16.4. The molecule has 0 aliphatic carbocycles. The highest BCUT2D eigenvalue weighted by Gasteiger charge is 2.22. The molecule has 0 aromatic heterocycles. The van der Waals surface area contributed by atoms with E-state index in [1.165, 1.54) is 0 Å². The van der Waals surface area contributed by atoms with E-state index in [0.717, 1.165) is 38.2 Å². The number of nitrogens with one attached hydrogen (secondary N) is 2. The first kappa shape index (κ1) is 19.9. The van der Waals surface area contributed by atoms with Crippen LogP contribution >= 0.6 is 0 Å². The molecule has 148 valence electrons. The number of hydrogen-bond acceptors (Lipinski definition) is 4. The predicted molar refractivity (Wildman–Crippen MR) is 110 cm³/mol. The fourth-order valence-electron chi connectivity index (χ4n) is 3.37. The minimum atomic E-state index is -0.230. The Morgan fingerprint density at radius 3 is 2.57 bits per heavy atom. The summed E-state index contributed by atoms with van der Waals surface area (Å²) in [7, 11) is 1.54. The van der Waals surface area contributed by atoms with E-state index in [2.05, 4.69) is 10.6 Å². The predicted octanol–water partition coefficient (Wildman–Crippen LogP) is 2.87. The molecule has 6 nitrogen and oxygen atoms in total. The van der Waals surface area contributed by atoms with Crippen molar-refractivity contribution in [1.29, 1.82) is 0 Å².